The zero-order chi connectivity index (χ0) is 16.1. The Labute approximate surface area is 131 Å². The van der Waals surface area contributed by atoms with E-state index < -0.39 is 9.05 Å². The van der Waals surface area contributed by atoms with E-state index in [2.05, 4.69) is 19.2 Å². The first kappa shape index (κ1) is 18.0. The van der Waals surface area contributed by atoms with E-state index in [1.165, 1.54) is 12.1 Å². The SMILES string of the molecule is CCC(C)(CC)NC(=O)CCc1ccc(S(=O)(=O)Cl)cc1. The van der Waals surface area contributed by atoms with Crippen molar-refractivity contribution in [3.8, 4) is 0 Å². The normalized spacial score (nSPS) is 12.2. The summed E-state index contributed by atoms with van der Waals surface area (Å²) in [6, 6.07) is 6.28. The second kappa shape index (κ2) is 7.27. The van der Waals surface area contributed by atoms with Crippen molar-refractivity contribution >= 4 is 25.6 Å². The molecule has 4 nitrogen and oxygen atoms in total. The van der Waals surface area contributed by atoms with Crippen LogP contribution in [0.25, 0.3) is 0 Å². The average molecular weight is 332 g/mol. The predicted molar refractivity (Wildman–Crippen MR) is 84.9 cm³/mol. The molecule has 1 rings (SSSR count). The molecule has 1 N–H and O–H groups in total. The molecule has 0 aliphatic heterocycles. The first-order chi connectivity index (χ1) is 9.70. The molecule has 0 heterocycles. The van der Waals surface area contributed by atoms with Crippen LogP contribution in [-0.4, -0.2) is 19.9 Å². The van der Waals surface area contributed by atoms with Crippen molar-refractivity contribution in [1.29, 1.82) is 0 Å². The van der Waals surface area contributed by atoms with E-state index in [1.807, 2.05) is 6.92 Å². The van der Waals surface area contributed by atoms with Crippen molar-refractivity contribution in [2.75, 3.05) is 0 Å². The van der Waals surface area contributed by atoms with Gasteiger partial charge in [-0.2, -0.15) is 0 Å². The van der Waals surface area contributed by atoms with Crippen LogP contribution in [0, 0.1) is 0 Å². The number of aryl methyl sites for hydroxylation is 1. The number of nitrogens with one attached hydrogen (secondary N) is 1. The molecule has 0 spiro atoms. The quantitative estimate of drug-likeness (QED) is 0.780. The minimum Gasteiger partial charge on any atom is -0.351 e. The number of amides is 1. The molecule has 0 aliphatic rings. The van der Waals surface area contributed by atoms with Crippen LogP contribution in [-0.2, 0) is 20.3 Å². The summed E-state index contributed by atoms with van der Waals surface area (Å²) < 4.78 is 22.3. The average Bonchev–Trinajstić information content (AvgIpc) is 2.44. The largest absolute Gasteiger partial charge is 0.351 e. The fourth-order valence-corrected chi connectivity index (χ4v) is 2.67. The van der Waals surface area contributed by atoms with Gasteiger partial charge in [0.05, 0.1) is 4.90 Å². The maximum atomic E-state index is 11.9. The Balaban J connectivity index is 2.58. The van der Waals surface area contributed by atoms with Gasteiger partial charge < -0.3 is 5.32 Å². The number of carbonyl (C=O) groups excluding carboxylic acids is 1. The molecule has 21 heavy (non-hydrogen) atoms. The molecule has 1 aromatic carbocycles. The summed E-state index contributed by atoms with van der Waals surface area (Å²) in [7, 11) is 1.56. The van der Waals surface area contributed by atoms with E-state index in [0.717, 1.165) is 18.4 Å². The highest BCUT2D eigenvalue weighted by molar-refractivity contribution is 8.13. The van der Waals surface area contributed by atoms with Crippen LogP contribution in [0.5, 0.6) is 0 Å². The lowest BCUT2D eigenvalue weighted by atomic mass is 9.95. The van der Waals surface area contributed by atoms with E-state index in [4.69, 9.17) is 10.7 Å². The maximum Gasteiger partial charge on any atom is 0.261 e. The third-order valence-corrected chi connectivity index (χ3v) is 5.22. The van der Waals surface area contributed by atoms with Crippen LogP contribution in [0.1, 0.15) is 45.6 Å². The Morgan fingerprint density at radius 1 is 1.19 bits per heavy atom. The number of rotatable bonds is 7. The Kier molecular flexibility index (Phi) is 6.23. The summed E-state index contributed by atoms with van der Waals surface area (Å²) in [5.74, 6) is 0.00948. The van der Waals surface area contributed by atoms with Gasteiger partial charge in [-0.25, -0.2) is 8.42 Å². The van der Waals surface area contributed by atoms with Gasteiger partial charge in [0.15, 0.2) is 0 Å². The first-order valence-electron chi connectivity index (χ1n) is 7.05. The highest BCUT2D eigenvalue weighted by Gasteiger charge is 2.21. The van der Waals surface area contributed by atoms with Crippen molar-refractivity contribution in [2.45, 2.75) is 56.9 Å². The van der Waals surface area contributed by atoms with Crippen molar-refractivity contribution in [3.05, 3.63) is 29.8 Å². The summed E-state index contributed by atoms with van der Waals surface area (Å²) in [6.07, 6.45) is 2.72. The van der Waals surface area contributed by atoms with Gasteiger partial charge in [-0.15, -0.1) is 0 Å². The number of hydrogen-bond donors (Lipinski definition) is 1. The van der Waals surface area contributed by atoms with Gasteiger partial charge in [0.2, 0.25) is 5.91 Å². The predicted octanol–water partition coefficient (Wildman–Crippen LogP) is 3.24. The topological polar surface area (TPSA) is 63.2 Å². The highest BCUT2D eigenvalue weighted by Crippen LogP contribution is 2.17. The molecule has 118 valence electrons. The monoisotopic (exact) mass is 331 g/mol. The molecule has 0 aromatic heterocycles. The molecule has 0 atom stereocenters. The Hall–Kier alpha value is -1.07. The third kappa shape index (κ3) is 5.67. The molecule has 0 radical (unpaired) electrons. The second-order valence-electron chi connectivity index (χ2n) is 5.40. The minimum atomic E-state index is -3.69. The zero-order valence-electron chi connectivity index (χ0n) is 12.6. The van der Waals surface area contributed by atoms with Crippen LogP contribution in [0.15, 0.2) is 29.2 Å². The molecule has 0 saturated heterocycles. The van der Waals surface area contributed by atoms with Gasteiger partial charge in [-0.05, 0) is 43.9 Å². The molecular weight excluding hydrogens is 310 g/mol. The van der Waals surface area contributed by atoms with Crippen LogP contribution in [0.2, 0.25) is 0 Å². The minimum absolute atomic E-state index is 0.00948. The fourth-order valence-electron chi connectivity index (χ4n) is 1.90. The van der Waals surface area contributed by atoms with Gasteiger partial charge >= 0.3 is 0 Å². The molecule has 0 aliphatic carbocycles. The number of benzene rings is 1. The first-order valence-corrected chi connectivity index (χ1v) is 9.36. The van der Waals surface area contributed by atoms with Crippen molar-refractivity contribution < 1.29 is 13.2 Å². The van der Waals surface area contributed by atoms with Crippen molar-refractivity contribution in [3.63, 3.8) is 0 Å². The summed E-state index contributed by atoms with van der Waals surface area (Å²) in [5.41, 5.74) is 0.747. The molecule has 0 saturated carbocycles. The van der Waals surface area contributed by atoms with Crippen LogP contribution < -0.4 is 5.32 Å². The number of hydrogen-bond acceptors (Lipinski definition) is 3. The summed E-state index contributed by atoms with van der Waals surface area (Å²) in [6.45, 7) is 6.13. The molecule has 0 bridgehead atoms. The van der Waals surface area contributed by atoms with Crippen molar-refractivity contribution in [1.82, 2.24) is 5.32 Å². The Morgan fingerprint density at radius 2 is 1.71 bits per heavy atom. The van der Waals surface area contributed by atoms with E-state index in [1.54, 1.807) is 12.1 Å². The van der Waals surface area contributed by atoms with E-state index in [0.29, 0.717) is 12.8 Å². The van der Waals surface area contributed by atoms with Crippen LogP contribution in [0.4, 0.5) is 0 Å². The van der Waals surface area contributed by atoms with Gasteiger partial charge in [0.1, 0.15) is 0 Å². The molecule has 0 fully saturated rings. The maximum absolute atomic E-state index is 11.9. The van der Waals surface area contributed by atoms with E-state index in [-0.39, 0.29) is 16.3 Å². The summed E-state index contributed by atoms with van der Waals surface area (Å²) >= 11 is 0. The Morgan fingerprint density at radius 3 is 2.14 bits per heavy atom. The number of carbonyl (C=O) groups is 1. The van der Waals surface area contributed by atoms with Gasteiger partial charge in [0.25, 0.3) is 9.05 Å². The lowest BCUT2D eigenvalue weighted by Crippen LogP contribution is -2.45. The van der Waals surface area contributed by atoms with E-state index >= 15 is 0 Å². The van der Waals surface area contributed by atoms with Gasteiger partial charge in [-0.3, -0.25) is 4.79 Å². The second-order valence-corrected chi connectivity index (χ2v) is 7.96. The summed E-state index contributed by atoms with van der Waals surface area (Å²) in [4.78, 5) is 12.0. The molecule has 0 unspecified atom stereocenters. The number of halogens is 1. The molecule has 6 heteroatoms. The van der Waals surface area contributed by atoms with Crippen LogP contribution in [0.3, 0.4) is 0 Å². The van der Waals surface area contributed by atoms with Gasteiger partial charge in [-0.1, -0.05) is 26.0 Å². The smallest absolute Gasteiger partial charge is 0.261 e. The van der Waals surface area contributed by atoms with Gasteiger partial charge in [0, 0.05) is 22.6 Å². The third-order valence-electron chi connectivity index (χ3n) is 3.85. The molecular formula is C15H22ClNO3S. The lowest BCUT2D eigenvalue weighted by molar-refractivity contribution is -0.122. The highest BCUT2D eigenvalue weighted by atomic mass is 35.7. The fraction of sp³-hybridized carbons (Fsp3) is 0.533. The van der Waals surface area contributed by atoms with Crippen molar-refractivity contribution in [2.24, 2.45) is 0 Å². The summed E-state index contributed by atoms with van der Waals surface area (Å²) in [5, 5.41) is 3.04. The molecule has 1 amide bonds. The van der Waals surface area contributed by atoms with Crippen LogP contribution >= 0.6 is 10.7 Å². The Bertz CT molecular complexity index is 577. The lowest BCUT2D eigenvalue weighted by Gasteiger charge is -2.28. The zero-order valence-corrected chi connectivity index (χ0v) is 14.2. The standard InChI is InChI=1S/C15H22ClNO3S/c1-4-15(3,5-2)17-14(18)11-8-12-6-9-13(10-7-12)21(16,19)20/h6-7,9-10H,4-5,8,11H2,1-3H3,(H,17,18). The molecule has 1 aromatic rings. The van der Waals surface area contributed by atoms with E-state index in [9.17, 15) is 13.2 Å².